The number of amides is 1. The van der Waals surface area contributed by atoms with E-state index in [9.17, 15) is 4.79 Å². The lowest BCUT2D eigenvalue weighted by molar-refractivity contribution is 0.0942. The lowest BCUT2D eigenvalue weighted by Gasteiger charge is -2.25. The van der Waals surface area contributed by atoms with Gasteiger partial charge in [0.1, 0.15) is 5.75 Å². The average molecular weight is 374 g/mol. The standard InChI is InChI=1S/C24H26N2O2/c1-26(2)23(19-12-9-13-20(16-19)28-3)17-25-24(27)22-15-8-7-14-21(22)18-10-5-4-6-11-18/h4-16,23H,17H2,1-3H3,(H,25,27). The zero-order chi connectivity index (χ0) is 19.9. The summed E-state index contributed by atoms with van der Waals surface area (Å²) in [5, 5.41) is 3.11. The third-order valence-corrected chi connectivity index (χ3v) is 4.81. The normalized spacial score (nSPS) is 11.9. The van der Waals surface area contributed by atoms with Gasteiger partial charge in [0.25, 0.3) is 5.91 Å². The largest absolute Gasteiger partial charge is 0.497 e. The van der Waals surface area contributed by atoms with Crippen LogP contribution < -0.4 is 10.1 Å². The molecule has 0 bridgehead atoms. The van der Waals surface area contributed by atoms with E-state index in [1.165, 1.54) is 0 Å². The van der Waals surface area contributed by atoms with E-state index in [1.807, 2.05) is 86.9 Å². The van der Waals surface area contributed by atoms with Gasteiger partial charge in [0.2, 0.25) is 0 Å². The first-order valence-corrected chi connectivity index (χ1v) is 9.33. The second kappa shape index (κ2) is 9.20. The van der Waals surface area contributed by atoms with Crippen molar-refractivity contribution in [1.82, 2.24) is 10.2 Å². The van der Waals surface area contributed by atoms with Crippen LogP contribution in [0.4, 0.5) is 0 Å². The third-order valence-electron chi connectivity index (χ3n) is 4.81. The smallest absolute Gasteiger partial charge is 0.251 e. The first-order valence-electron chi connectivity index (χ1n) is 9.33. The van der Waals surface area contributed by atoms with E-state index in [2.05, 4.69) is 16.3 Å². The molecule has 0 aromatic heterocycles. The van der Waals surface area contributed by atoms with E-state index < -0.39 is 0 Å². The van der Waals surface area contributed by atoms with Crippen LogP contribution in [-0.4, -0.2) is 38.6 Å². The third kappa shape index (κ3) is 4.59. The van der Waals surface area contributed by atoms with Crippen molar-refractivity contribution >= 4 is 5.91 Å². The second-order valence-corrected chi connectivity index (χ2v) is 6.88. The van der Waals surface area contributed by atoms with Gasteiger partial charge < -0.3 is 15.0 Å². The zero-order valence-corrected chi connectivity index (χ0v) is 16.6. The average Bonchev–Trinajstić information content (AvgIpc) is 2.74. The van der Waals surface area contributed by atoms with Crippen LogP contribution in [0.15, 0.2) is 78.9 Å². The fourth-order valence-corrected chi connectivity index (χ4v) is 3.28. The maximum Gasteiger partial charge on any atom is 0.251 e. The molecular formula is C24H26N2O2. The first-order chi connectivity index (χ1) is 13.6. The van der Waals surface area contributed by atoms with Crippen molar-refractivity contribution < 1.29 is 9.53 Å². The number of hydrogen-bond donors (Lipinski definition) is 1. The minimum absolute atomic E-state index is 0.0444. The Morgan fingerprint density at radius 3 is 2.39 bits per heavy atom. The highest BCUT2D eigenvalue weighted by molar-refractivity contribution is 6.00. The molecule has 4 heteroatoms. The molecule has 1 unspecified atom stereocenters. The van der Waals surface area contributed by atoms with Crippen LogP contribution in [0.3, 0.4) is 0 Å². The summed E-state index contributed by atoms with van der Waals surface area (Å²) in [6.45, 7) is 0.502. The van der Waals surface area contributed by atoms with Gasteiger partial charge in [0, 0.05) is 12.1 Å². The molecule has 0 fully saturated rings. The van der Waals surface area contributed by atoms with E-state index in [1.54, 1.807) is 7.11 Å². The predicted molar refractivity (Wildman–Crippen MR) is 114 cm³/mol. The van der Waals surface area contributed by atoms with Gasteiger partial charge >= 0.3 is 0 Å². The summed E-state index contributed by atoms with van der Waals surface area (Å²) in [5.74, 6) is 0.735. The van der Waals surface area contributed by atoms with Gasteiger partial charge in [-0.05, 0) is 49.0 Å². The number of ether oxygens (including phenoxy) is 1. The Kier molecular flexibility index (Phi) is 6.45. The Morgan fingerprint density at radius 2 is 1.68 bits per heavy atom. The van der Waals surface area contributed by atoms with E-state index in [4.69, 9.17) is 4.74 Å². The zero-order valence-electron chi connectivity index (χ0n) is 16.6. The van der Waals surface area contributed by atoms with E-state index in [0.29, 0.717) is 12.1 Å². The quantitative estimate of drug-likeness (QED) is 0.667. The van der Waals surface area contributed by atoms with Crippen LogP contribution in [-0.2, 0) is 0 Å². The number of likely N-dealkylation sites (N-methyl/N-ethyl adjacent to an activating group) is 1. The summed E-state index contributed by atoms with van der Waals surface area (Å²) in [6.07, 6.45) is 0. The van der Waals surface area contributed by atoms with E-state index >= 15 is 0 Å². The fraction of sp³-hybridized carbons (Fsp3) is 0.208. The lowest BCUT2D eigenvalue weighted by atomic mass is 9.99. The Hall–Kier alpha value is -3.11. The van der Waals surface area contributed by atoms with Crippen LogP contribution in [0.25, 0.3) is 11.1 Å². The fourth-order valence-electron chi connectivity index (χ4n) is 3.28. The Labute approximate surface area is 166 Å². The molecule has 1 amide bonds. The van der Waals surface area contributed by atoms with Crippen LogP contribution in [0, 0.1) is 0 Å². The molecule has 1 atom stereocenters. The summed E-state index contributed by atoms with van der Waals surface area (Å²) >= 11 is 0. The van der Waals surface area contributed by atoms with E-state index in [0.717, 1.165) is 22.4 Å². The number of benzene rings is 3. The molecule has 0 aliphatic carbocycles. The number of carbonyl (C=O) groups is 1. The predicted octanol–water partition coefficient (Wildman–Crippen LogP) is 4.39. The van der Waals surface area contributed by atoms with Gasteiger partial charge in [-0.25, -0.2) is 0 Å². The second-order valence-electron chi connectivity index (χ2n) is 6.88. The van der Waals surface area contributed by atoms with Gasteiger partial charge in [-0.3, -0.25) is 4.79 Å². The van der Waals surface area contributed by atoms with Crippen molar-refractivity contribution in [2.75, 3.05) is 27.7 Å². The molecule has 0 aliphatic heterocycles. The molecule has 3 aromatic carbocycles. The van der Waals surface area contributed by atoms with Crippen molar-refractivity contribution in [3.8, 4) is 16.9 Å². The maximum absolute atomic E-state index is 13.0. The minimum atomic E-state index is -0.0748. The highest BCUT2D eigenvalue weighted by atomic mass is 16.5. The number of nitrogens with zero attached hydrogens (tertiary/aromatic N) is 1. The monoisotopic (exact) mass is 374 g/mol. The Bertz CT molecular complexity index is 923. The first kappa shape index (κ1) is 19.6. The number of nitrogens with one attached hydrogen (secondary N) is 1. The van der Waals surface area contributed by atoms with Crippen LogP contribution in [0.1, 0.15) is 22.0 Å². The number of methoxy groups -OCH3 is 1. The number of hydrogen-bond acceptors (Lipinski definition) is 3. The number of rotatable bonds is 7. The van der Waals surface area contributed by atoms with E-state index in [-0.39, 0.29) is 11.9 Å². The molecule has 144 valence electrons. The summed E-state index contributed by atoms with van der Waals surface area (Å²) in [5.41, 5.74) is 3.74. The van der Waals surface area contributed by atoms with Crippen LogP contribution in [0.2, 0.25) is 0 Å². The Balaban J connectivity index is 1.79. The van der Waals surface area contributed by atoms with Gasteiger partial charge in [-0.15, -0.1) is 0 Å². The van der Waals surface area contributed by atoms with Crippen molar-refractivity contribution in [3.63, 3.8) is 0 Å². The molecule has 3 aromatic rings. The SMILES string of the molecule is COc1cccc(C(CNC(=O)c2ccccc2-c2ccccc2)N(C)C)c1. The molecule has 0 heterocycles. The van der Waals surface area contributed by atoms with Gasteiger partial charge in [0.05, 0.1) is 13.2 Å². The van der Waals surface area contributed by atoms with Crippen LogP contribution in [0.5, 0.6) is 5.75 Å². The van der Waals surface area contributed by atoms with Gasteiger partial charge in [-0.1, -0.05) is 60.7 Å². The lowest BCUT2D eigenvalue weighted by Crippen LogP contribution is -2.34. The molecule has 0 aliphatic rings. The van der Waals surface area contributed by atoms with Crippen molar-refractivity contribution in [2.45, 2.75) is 6.04 Å². The molecule has 0 radical (unpaired) electrons. The molecule has 4 nitrogen and oxygen atoms in total. The molecule has 1 N–H and O–H groups in total. The van der Waals surface area contributed by atoms with Gasteiger partial charge in [-0.2, -0.15) is 0 Å². The van der Waals surface area contributed by atoms with Crippen molar-refractivity contribution in [2.24, 2.45) is 0 Å². The summed E-state index contributed by atoms with van der Waals surface area (Å²) in [4.78, 5) is 15.1. The molecular weight excluding hydrogens is 348 g/mol. The molecule has 0 spiro atoms. The highest BCUT2D eigenvalue weighted by Gasteiger charge is 2.18. The van der Waals surface area contributed by atoms with Crippen molar-refractivity contribution in [3.05, 3.63) is 90.0 Å². The van der Waals surface area contributed by atoms with Crippen molar-refractivity contribution in [1.29, 1.82) is 0 Å². The Morgan fingerprint density at radius 1 is 0.964 bits per heavy atom. The molecule has 28 heavy (non-hydrogen) atoms. The highest BCUT2D eigenvalue weighted by Crippen LogP contribution is 2.25. The summed E-state index contributed by atoms with van der Waals surface area (Å²) in [6, 6.07) is 25.7. The topological polar surface area (TPSA) is 41.6 Å². The molecule has 0 saturated heterocycles. The summed E-state index contributed by atoms with van der Waals surface area (Å²) in [7, 11) is 5.68. The van der Waals surface area contributed by atoms with Gasteiger partial charge in [0.15, 0.2) is 0 Å². The maximum atomic E-state index is 13.0. The van der Waals surface area contributed by atoms with Crippen LogP contribution >= 0.6 is 0 Å². The minimum Gasteiger partial charge on any atom is -0.497 e. The summed E-state index contributed by atoms with van der Waals surface area (Å²) < 4.78 is 5.34. The number of carbonyl (C=O) groups excluding carboxylic acids is 1. The molecule has 0 saturated carbocycles. The molecule has 3 rings (SSSR count).